The lowest BCUT2D eigenvalue weighted by Gasteiger charge is -2.26. The van der Waals surface area contributed by atoms with Gasteiger partial charge in [0.15, 0.2) is 5.82 Å². The summed E-state index contributed by atoms with van der Waals surface area (Å²) in [5.41, 5.74) is 7.42. The Balaban J connectivity index is 1.63. The zero-order valence-electron chi connectivity index (χ0n) is 16.8. The Morgan fingerprint density at radius 2 is 2.17 bits per heavy atom. The van der Waals surface area contributed by atoms with Gasteiger partial charge in [-0.3, -0.25) is 9.48 Å². The maximum absolute atomic E-state index is 13.0. The Kier molecular flexibility index (Phi) is 5.62. The minimum absolute atomic E-state index is 0.261. The van der Waals surface area contributed by atoms with Gasteiger partial charge in [-0.05, 0) is 37.8 Å². The van der Waals surface area contributed by atoms with Gasteiger partial charge in [0, 0.05) is 42.3 Å². The average molecular weight is 407 g/mol. The number of nitrogens with one attached hydrogen (secondary N) is 3. The lowest BCUT2D eigenvalue weighted by molar-refractivity contribution is 0.0964. The summed E-state index contributed by atoms with van der Waals surface area (Å²) >= 11 is 0. The van der Waals surface area contributed by atoms with E-state index in [1.54, 1.807) is 30.6 Å². The van der Waals surface area contributed by atoms with E-state index in [9.17, 15) is 4.79 Å². The number of carbonyl (C=O) groups is 1. The fourth-order valence-corrected chi connectivity index (χ4v) is 3.80. The summed E-state index contributed by atoms with van der Waals surface area (Å²) < 4.78 is 7.43. The minimum atomic E-state index is -0.386. The van der Waals surface area contributed by atoms with E-state index in [0.717, 1.165) is 42.8 Å². The highest BCUT2D eigenvalue weighted by molar-refractivity contribution is 6.03. The fraction of sp³-hybridized carbons (Fsp3) is 0.333. The van der Waals surface area contributed by atoms with Gasteiger partial charge in [0.2, 0.25) is 0 Å². The van der Waals surface area contributed by atoms with Crippen molar-refractivity contribution >= 4 is 29.2 Å². The Hall–Kier alpha value is -3.46. The molecule has 9 heteroatoms. The van der Waals surface area contributed by atoms with Crippen molar-refractivity contribution < 1.29 is 9.53 Å². The maximum Gasteiger partial charge on any atom is 0.259 e. The number of benzene rings is 1. The number of carbonyl (C=O) groups excluding carboxylic acids is 1. The molecule has 1 aliphatic heterocycles. The van der Waals surface area contributed by atoms with Gasteiger partial charge < -0.3 is 26.5 Å². The second-order valence-electron chi connectivity index (χ2n) is 7.43. The van der Waals surface area contributed by atoms with Crippen LogP contribution in [0.25, 0.3) is 10.9 Å². The summed E-state index contributed by atoms with van der Waals surface area (Å²) in [5.74, 6) is 0.428. The molecule has 0 radical (unpaired) electrons. The predicted octanol–water partition coefficient (Wildman–Crippen LogP) is 2.22. The van der Waals surface area contributed by atoms with Gasteiger partial charge in [-0.15, -0.1) is 0 Å². The van der Waals surface area contributed by atoms with Crippen LogP contribution in [0.2, 0.25) is 0 Å². The molecule has 0 bridgehead atoms. The van der Waals surface area contributed by atoms with E-state index in [1.165, 1.54) is 7.11 Å². The molecule has 0 spiro atoms. The first-order valence-electron chi connectivity index (χ1n) is 9.93. The number of rotatable bonds is 5. The van der Waals surface area contributed by atoms with E-state index >= 15 is 0 Å². The molecule has 5 N–H and O–H groups in total. The highest BCUT2D eigenvalue weighted by Gasteiger charge is 2.22. The monoisotopic (exact) mass is 407 g/mol. The predicted molar refractivity (Wildman–Crippen MR) is 116 cm³/mol. The Morgan fingerprint density at radius 1 is 1.37 bits per heavy atom. The highest BCUT2D eigenvalue weighted by Crippen LogP contribution is 2.31. The second kappa shape index (κ2) is 8.50. The molecule has 1 aromatic heterocycles. The number of nitrogens with two attached hydrogens (primary N) is 1. The normalized spacial score (nSPS) is 22.5. The number of hydrogen-bond donors (Lipinski definition) is 4. The highest BCUT2D eigenvalue weighted by atomic mass is 16.5. The molecule has 4 rings (SSSR count). The van der Waals surface area contributed by atoms with Crippen molar-refractivity contribution in [2.75, 3.05) is 7.11 Å². The van der Waals surface area contributed by atoms with Crippen LogP contribution >= 0.6 is 0 Å². The van der Waals surface area contributed by atoms with Crippen LogP contribution in [0.3, 0.4) is 0 Å². The molecular weight excluding hydrogens is 382 g/mol. The third-order valence-corrected chi connectivity index (χ3v) is 5.46. The number of fused-ring (bicyclic) bond motifs is 1. The molecule has 2 aromatic rings. The summed E-state index contributed by atoms with van der Waals surface area (Å²) in [5, 5.41) is 18.8. The topological polar surface area (TPSA) is 130 Å². The van der Waals surface area contributed by atoms with Crippen LogP contribution in [-0.4, -0.2) is 41.3 Å². The first kappa shape index (κ1) is 19.8. The summed E-state index contributed by atoms with van der Waals surface area (Å²) in [7, 11) is 1.52. The summed E-state index contributed by atoms with van der Waals surface area (Å²) in [6, 6.07) is 4.13. The maximum atomic E-state index is 13.0. The lowest BCUT2D eigenvalue weighted by Crippen LogP contribution is -2.27. The molecule has 0 saturated heterocycles. The summed E-state index contributed by atoms with van der Waals surface area (Å²) in [4.78, 5) is 17.1. The zero-order chi connectivity index (χ0) is 21.1. The Bertz CT molecular complexity index is 1060. The molecule has 1 aliphatic carbocycles. The third-order valence-electron chi connectivity index (χ3n) is 5.46. The Labute approximate surface area is 174 Å². The van der Waals surface area contributed by atoms with Crippen LogP contribution in [0.5, 0.6) is 5.75 Å². The molecule has 2 heterocycles. The standard InChI is InChI=1S/C21H25N7O2/c1-30-19-10-17-13(12-28(27-17)15-5-3-14(23)4-6-15)9-16(19)21(29)26-18(11-22)20-24-7-2-8-25-20/h2,7-12,14-15,22,24H,3-6,23H2,1H3,(H,26,29)/b20-18-,22-11?. The van der Waals surface area contributed by atoms with Crippen LogP contribution in [-0.2, 0) is 0 Å². The Morgan fingerprint density at radius 3 is 2.83 bits per heavy atom. The average Bonchev–Trinajstić information content (AvgIpc) is 3.20. The van der Waals surface area contributed by atoms with E-state index in [4.69, 9.17) is 21.0 Å². The van der Waals surface area contributed by atoms with E-state index < -0.39 is 0 Å². The summed E-state index contributed by atoms with van der Waals surface area (Å²) in [6.07, 6.45) is 12.0. The van der Waals surface area contributed by atoms with Gasteiger partial charge in [-0.2, -0.15) is 5.10 Å². The molecule has 1 amide bonds. The van der Waals surface area contributed by atoms with Crippen molar-refractivity contribution in [2.24, 2.45) is 10.7 Å². The van der Waals surface area contributed by atoms with E-state index in [1.807, 2.05) is 10.9 Å². The van der Waals surface area contributed by atoms with Crippen LogP contribution in [0.1, 0.15) is 42.1 Å². The van der Waals surface area contributed by atoms with Gasteiger partial charge in [0.25, 0.3) is 5.91 Å². The first-order chi connectivity index (χ1) is 14.6. The van der Waals surface area contributed by atoms with Crippen molar-refractivity contribution in [2.45, 2.75) is 37.8 Å². The van der Waals surface area contributed by atoms with Crippen LogP contribution in [0, 0.1) is 5.41 Å². The van der Waals surface area contributed by atoms with Gasteiger partial charge in [0.05, 0.1) is 24.2 Å². The van der Waals surface area contributed by atoms with E-state index in [0.29, 0.717) is 23.2 Å². The third kappa shape index (κ3) is 3.97. The quantitative estimate of drug-likeness (QED) is 0.565. The van der Waals surface area contributed by atoms with Crippen molar-refractivity contribution in [3.05, 3.63) is 47.7 Å². The molecule has 2 aliphatic rings. The molecule has 1 aromatic carbocycles. The lowest BCUT2D eigenvalue weighted by atomic mass is 9.92. The smallest absolute Gasteiger partial charge is 0.259 e. The van der Waals surface area contributed by atoms with Crippen molar-refractivity contribution in [3.8, 4) is 5.75 Å². The minimum Gasteiger partial charge on any atom is -0.496 e. The molecule has 1 saturated carbocycles. The molecule has 0 unspecified atom stereocenters. The van der Waals surface area contributed by atoms with Crippen LogP contribution < -0.4 is 21.1 Å². The number of allylic oxidation sites excluding steroid dienone is 2. The SMILES string of the molecule is COc1cc2nn(C3CCC(N)CC3)cc2cc1C(=O)N/C(C=N)=C1\N=CC=CN1. The molecule has 156 valence electrons. The van der Waals surface area contributed by atoms with Crippen molar-refractivity contribution in [1.82, 2.24) is 20.4 Å². The number of amides is 1. The van der Waals surface area contributed by atoms with E-state index in [2.05, 4.69) is 15.6 Å². The molecule has 0 atom stereocenters. The summed E-state index contributed by atoms with van der Waals surface area (Å²) in [6.45, 7) is 0. The first-order valence-corrected chi connectivity index (χ1v) is 9.93. The molecule has 9 nitrogen and oxygen atoms in total. The van der Waals surface area contributed by atoms with Crippen LogP contribution in [0.4, 0.5) is 0 Å². The number of methoxy groups -OCH3 is 1. The number of aliphatic imine (C=N–C) groups is 1. The van der Waals surface area contributed by atoms with Crippen molar-refractivity contribution in [1.29, 1.82) is 5.41 Å². The number of aromatic nitrogens is 2. The van der Waals surface area contributed by atoms with Gasteiger partial charge in [-0.1, -0.05) is 0 Å². The number of nitrogens with zero attached hydrogens (tertiary/aromatic N) is 3. The zero-order valence-corrected chi connectivity index (χ0v) is 16.8. The number of hydrogen-bond acceptors (Lipinski definition) is 7. The molecule has 1 fully saturated rings. The fourth-order valence-electron chi connectivity index (χ4n) is 3.80. The van der Waals surface area contributed by atoms with E-state index in [-0.39, 0.29) is 17.6 Å². The van der Waals surface area contributed by atoms with Crippen LogP contribution in [0.15, 0.2) is 47.1 Å². The van der Waals surface area contributed by atoms with Gasteiger partial charge in [-0.25, -0.2) is 4.99 Å². The molecular formula is C21H25N7O2. The largest absolute Gasteiger partial charge is 0.496 e. The molecule has 30 heavy (non-hydrogen) atoms. The van der Waals surface area contributed by atoms with Crippen molar-refractivity contribution in [3.63, 3.8) is 0 Å². The van der Waals surface area contributed by atoms with Gasteiger partial charge in [0.1, 0.15) is 11.4 Å². The number of ether oxygens (including phenoxy) is 1. The van der Waals surface area contributed by atoms with Gasteiger partial charge >= 0.3 is 0 Å². The second-order valence-corrected chi connectivity index (χ2v) is 7.43.